The Hall–Kier alpha value is -1.62. The molecule has 23 heavy (non-hydrogen) atoms. The van der Waals surface area contributed by atoms with Crippen molar-refractivity contribution in [2.75, 3.05) is 13.1 Å². The predicted molar refractivity (Wildman–Crippen MR) is 89.0 cm³/mol. The zero-order valence-corrected chi connectivity index (χ0v) is 14.4. The van der Waals surface area contributed by atoms with Crippen LogP contribution in [0.25, 0.3) is 0 Å². The summed E-state index contributed by atoms with van der Waals surface area (Å²) >= 11 is 0. The van der Waals surface area contributed by atoms with Gasteiger partial charge >= 0.3 is 6.09 Å². The van der Waals surface area contributed by atoms with Crippen molar-refractivity contribution >= 4 is 6.09 Å². The molecule has 2 aliphatic rings. The van der Waals surface area contributed by atoms with E-state index in [4.69, 9.17) is 4.74 Å². The highest BCUT2D eigenvalue weighted by Crippen LogP contribution is 2.32. The highest BCUT2D eigenvalue weighted by Gasteiger charge is 2.41. The van der Waals surface area contributed by atoms with Gasteiger partial charge in [0, 0.05) is 37.9 Å². The van der Waals surface area contributed by atoms with Crippen LogP contribution in [0.2, 0.25) is 0 Å². The number of amides is 1. The molecule has 1 amide bonds. The van der Waals surface area contributed by atoms with Crippen LogP contribution in [-0.2, 0) is 11.3 Å². The molecule has 126 valence electrons. The maximum Gasteiger partial charge on any atom is 0.410 e. The molecule has 1 aromatic heterocycles. The number of ether oxygens (including phenoxy) is 1. The maximum atomic E-state index is 12.6. The Kier molecular flexibility index (Phi) is 4.57. The van der Waals surface area contributed by atoms with E-state index in [1.54, 1.807) is 0 Å². The van der Waals surface area contributed by atoms with Gasteiger partial charge in [-0.15, -0.1) is 0 Å². The SMILES string of the molecule is CC(C)(C)OC(=O)N1C2CCC1CN(Cc1ccccn1)CC2. The molecule has 2 fully saturated rings. The number of carbonyl (C=O) groups is 1. The van der Waals surface area contributed by atoms with E-state index in [1.165, 1.54) is 0 Å². The molecule has 0 aliphatic carbocycles. The Labute approximate surface area is 138 Å². The standard InChI is InChI=1S/C18H27N3O2/c1-18(2,3)23-17(22)21-15-7-8-16(21)13-20(11-9-15)12-14-6-4-5-10-19-14/h4-6,10,15-16H,7-9,11-13H2,1-3H3. The lowest BCUT2D eigenvalue weighted by molar-refractivity contribution is 0.0152. The van der Waals surface area contributed by atoms with Crippen LogP contribution >= 0.6 is 0 Å². The summed E-state index contributed by atoms with van der Waals surface area (Å²) < 4.78 is 5.62. The Balaban J connectivity index is 1.66. The van der Waals surface area contributed by atoms with Gasteiger partial charge in [0.2, 0.25) is 0 Å². The molecule has 0 aromatic carbocycles. The van der Waals surface area contributed by atoms with Gasteiger partial charge in [-0.1, -0.05) is 6.07 Å². The lowest BCUT2D eigenvalue weighted by Crippen LogP contribution is -2.45. The molecule has 0 N–H and O–H groups in total. The summed E-state index contributed by atoms with van der Waals surface area (Å²) in [4.78, 5) is 21.4. The lowest BCUT2D eigenvalue weighted by atomic mass is 10.1. The second-order valence-corrected chi connectivity index (χ2v) is 7.62. The number of fused-ring (bicyclic) bond motifs is 2. The Morgan fingerprint density at radius 2 is 2.04 bits per heavy atom. The molecular formula is C18H27N3O2. The first-order valence-electron chi connectivity index (χ1n) is 8.56. The van der Waals surface area contributed by atoms with Crippen LogP contribution in [0.4, 0.5) is 4.79 Å². The van der Waals surface area contributed by atoms with Crippen molar-refractivity contribution < 1.29 is 9.53 Å². The molecule has 0 radical (unpaired) electrons. The molecule has 1 aromatic rings. The fraction of sp³-hybridized carbons (Fsp3) is 0.667. The minimum absolute atomic E-state index is 0.148. The van der Waals surface area contributed by atoms with Gasteiger partial charge in [-0.25, -0.2) is 4.79 Å². The van der Waals surface area contributed by atoms with Crippen molar-refractivity contribution in [2.45, 2.75) is 64.3 Å². The minimum atomic E-state index is -0.434. The van der Waals surface area contributed by atoms with Gasteiger partial charge in [0.1, 0.15) is 5.60 Å². The predicted octanol–water partition coefficient (Wildman–Crippen LogP) is 3.06. The fourth-order valence-electron chi connectivity index (χ4n) is 3.62. The van der Waals surface area contributed by atoms with Crippen LogP contribution < -0.4 is 0 Å². The van der Waals surface area contributed by atoms with Crippen molar-refractivity contribution in [2.24, 2.45) is 0 Å². The smallest absolute Gasteiger partial charge is 0.410 e. The van der Waals surface area contributed by atoms with E-state index in [-0.39, 0.29) is 12.1 Å². The summed E-state index contributed by atoms with van der Waals surface area (Å²) in [5.41, 5.74) is 0.658. The summed E-state index contributed by atoms with van der Waals surface area (Å²) in [6.07, 6.45) is 4.88. The van der Waals surface area contributed by atoms with E-state index in [0.29, 0.717) is 6.04 Å². The highest BCUT2D eigenvalue weighted by atomic mass is 16.6. The summed E-state index contributed by atoms with van der Waals surface area (Å²) in [7, 11) is 0. The van der Waals surface area contributed by atoms with Gasteiger partial charge in [-0.3, -0.25) is 9.88 Å². The van der Waals surface area contributed by atoms with Gasteiger partial charge in [0.25, 0.3) is 0 Å². The van der Waals surface area contributed by atoms with Crippen LogP contribution in [0.1, 0.15) is 45.7 Å². The Bertz CT molecular complexity index is 541. The zero-order chi connectivity index (χ0) is 16.4. The van der Waals surface area contributed by atoms with Crippen LogP contribution in [0.5, 0.6) is 0 Å². The number of carbonyl (C=O) groups excluding carboxylic acids is 1. The number of rotatable bonds is 2. The van der Waals surface area contributed by atoms with Crippen molar-refractivity contribution in [3.05, 3.63) is 30.1 Å². The molecule has 5 heteroatoms. The van der Waals surface area contributed by atoms with E-state index >= 15 is 0 Å². The molecular weight excluding hydrogens is 290 g/mol. The third-order valence-electron chi connectivity index (χ3n) is 4.58. The van der Waals surface area contributed by atoms with E-state index in [2.05, 4.69) is 16.0 Å². The third-order valence-corrected chi connectivity index (χ3v) is 4.58. The number of hydrogen-bond acceptors (Lipinski definition) is 4. The first-order valence-corrected chi connectivity index (χ1v) is 8.56. The molecule has 2 unspecified atom stereocenters. The van der Waals surface area contributed by atoms with Crippen LogP contribution in [0.3, 0.4) is 0 Å². The van der Waals surface area contributed by atoms with Gasteiger partial charge in [0.05, 0.1) is 5.69 Å². The van der Waals surface area contributed by atoms with Crippen molar-refractivity contribution in [1.82, 2.24) is 14.8 Å². The Morgan fingerprint density at radius 1 is 1.26 bits per heavy atom. The van der Waals surface area contributed by atoms with E-state index in [9.17, 15) is 4.79 Å². The monoisotopic (exact) mass is 317 g/mol. The average molecular weight is 317 g/mol. The number of likely N-dealkylation sites (tertiary alicyclic amines) is 1. The molecule has 0 saturated carbocycles. The van der Waals surface area contributed by atoms with Crippen LogP contribution in [0, 0.1) is 0 Å². The maximum absolute atomic E-state index is 12.6. The third kappa shape index (κ3) is 4.02. The molecule has 2 bridgehead atoms. The number of pyridine rings is 1. The fourth-order valence-corrected chi connectivity index (χ4v) is 3.62. The number of hydrogen-bond donors (Lipinski definition) is 0. The second kappa shape index (κ2) is 6.48. The summed E-state index contributed by atoms with van der Waals surface area (Å²) in [6, 6.07) is 6.62. The molecule has 0 spiro atoms. The highest BCUT2D eigenvalue weighted by molar-refractivity contribution is 5.69. The summed E-state index contributed by atoms with van der Waals surface area (Å²) in [5.74, 6) is 0. The minimum Gasteiger partial charge on any atom is -0.444 e. The largest absolute Gasteiger partial charge is 0.444 e. The molecule has 5 nitrogen and oxygen atoms in total. The zero-order valence-electron chi connectivity index (χ0n) is 14.4. The topological polar surface area (TPSA) is 45.7 Å². The van der Waals surface area contributed by atoms with Crippen molar-refractivity contribution in [3.8, 4) is 0 Å². The Morgan fingerprint density at radius 3 is 2.74 bits per heavy atom. The van der Waals surface area contributed by atoms with Crippen LogP contribution in [-0.4, -0.2) is 51.7 Å². The van der Waals surface area contributed by atoms with E-state index < -0.39 is 5.60 Å². The molecule has 3 heterocycles. The number of nitrogens with zero attached hydrogens (tertiary/aromatic N) is 3. The molecule has 2 aliphatic heterocycles. The molecule has 2 atom stereocenters. The van der Waals surface area contributed by atoms with Gasteiger partial charge in [-0.2, -0.15) is 0 Å². The molecule has 3 rings (SSSR count). The molecule has 2 saturated heterocycles. The summed E-state index contributed by atoms with van der Waals surface area (Å²) in [5, 5.41) is 0. The average Bonchev–Trinajstić information content (AvgIpc) is 2.76. The van der Waals surface area contributed by atoms with Gasteiger partial charge < -0.3 is 9.64 Å². The van der Waals surface area contributed by atoms with Gasteiger partial charge in [0.15, 0.2) is 0 Å². The van der Waals surface area contributed by atoms with E-state index in [1.807, 2.05) is 44.0 Å². The lowest BCUT2D eigenvalue weighted by Gasteiger charge is -2.31. The first kappa shape index (κ1) is 16.2. The quantitative estimate of drug-likeness (QED) is 0.841. The van der Waals surface area contributed by atoms with Gasteiger partial charge in [-0.05, 0) is 52.2 Å². The summed E-state index contributed by atoms with van der Waals surface area (Å²) in [6.45, 7) is 8.56. The van der Waals surface area contributed by atoms with Crippen LogP contribution in [0.15, 0.2) is 24.4 Å². The number of aromatic nitrogens is 1. The van der Waals surface area contributed by atoms with Crippen molar-refractivity contribution in [1.29, 1.82) is 0 Å². The van der Waals surface area contributed by atoms with Crippen molar-refractivity contribution in [3.63, 3.8) is 0 Å². The van der Waals surface area contributed by atoms with E-state index in [0.717, 1.165) is 44.6 Å². The second-order valence-electron chi connectivity index (χ2n) is 7.62. The normalized spacial score (nSPS) is 25.3. The first-order chi connectivity index (χ1) is 10.9.